The molecule has 50 heavy (non-hydrogen) atoms. The molecule has 3 heterocycles. The Hall–Kier alpha value is -5.30. The van der Waals surface area contributed by atoms with Gasteiger partial charge in [0, 0.05) is 47.9 Å². The van der Waals surface area contributed by atoms with Gasteiger partial charge in [0.1, 0.15) is 18.2 Å². The molecule has 262 valence electrons. The first-order valence-electron chi connectivity index (χ1n) is 16.3. The number of rotatable bonds is 4. The average molecular weight is 688 g/mol. The molecule has 0 saturated heterocycles. The van der Waals surface area contributed by atoms with Crippen molar-refractivity contribution in [2.45, 2.75) is 58.1 Å². The molecule has 0 aliphatic carbocycles. The number of aliphatic carboxylic acids is 1. The van der Waals surface area contributed by atoms with E-state index >= 15 is 8.78 Å². The van der Waals surface area contributed by atoms with Crippen molar-refractivity contribution in [3.63, 3.8) is 0 Å². The van der Waals surface area contributed by atoms with E-state index in [4.69, 9.17) is 24.3 Å². The summed E-state index contributed by atoms with van der Waals surface area (Å²) < 4.78 is 50.5. The number of fused-ring (bicyclic) bond motifs is 8. The van der Waals surface area contributed by atoms with E-state index in [0.29, 0.717) is 29.6 Å². The van der Waals surface area contributed by atoms with Crippen molar-refractivity contribution < 1.29 is 37.7 Å². The second kappa shape index (κ2) is 13.5. The number of aryl methyl sites for hydroxylation is 1. The summed E-state index contributed by atoms with van der Waals surface area (Å²) >= 11 is 0. The predicted molar refractivity (Wildman–Crippen MR) is 181 cm³/mol. The predicted octanol–water partition coefficient (Wildman–Crippen LogP) is 7.03. The Labute approximate surface area is 287 Å². The summed E-state index contributed by atoms with van der Waals surface area (Å²) in [6.45, 7) is 7.28. The molecule has 5 aromatic rings. The molecule has 0 radical (unpaired) electrons. The molecule has 6 rings (SSSR count). The molecule has 11 nitrogen and oxygen atoms in total. The molecule has 2 aromatic heterocycles. The molecule has 1 aliphatic heterocycles. The third-order valence-electron chi connectivity index (χ3n) is 9.10. The Kier molecular flexibility index (Phi) is 9.36. The lowest BCUT2D eigenvalue weighted by molar-refractivity contribution is -0.141. The number of aromatic amines is 1. The van der Waals surface area contributed by atoms with E-state index in [1.165, 1.54) is 28.9 Å². The van der Waals surface area contributed by atoms with Crippen molar-refractivity contribution in [1.29, 1.82) is 0 Å². The van der Waals surface area contributed by atoms with E-state index in [2.05, 4.69) is 10.3 Å². The number of cyclic esters (lactones) is 1. The fourth-order valence-corrected chi connectivity index (χ4v) is 6.06. The lowest BCUT2D eigenvalue weighted by Crippen LogP contribution is -2.44. The quantitative estimate of drug-likeness (QED) is 0.183. The number of carboxylic acid groups (broad SMARTS) is 1. The van der Waals surface area contributed by atoms with Crippen LogP contribution < -0.4 is 10.1 Å². The molecule has 0 fully saturated rings. The minimum atomic E-state index is -0.966. The number of H-pyrrole nitrogens is 1. The van der Waals surface area contributed by atoms with Gasteiger partial charge in [-0.15, -0.1) is 0 Å². The highest BCUT2D eigenvalue weighted by Gasteiger charge is 2.36. The summed E-state index contributed by atoms with van der Waals surface area (Å²) in [4.78, 5) is 32.4. The maximum Gasteiger partial charge on any atom is 0.407 e. The lowest BCUT2D eigenvalue weighted by atomic mass is 9.81. The summed E-state index contributed by atoms with van der Waals surface area (Å²) in [5, 5.41) is 17.7. The monoisotopic (exact) mass is 687 g/mol. The van der Waals surface area contributed by atoms with Crippen LogP contribution in [0.3, 0.4) is 0 Å². The zero-order valence-electron chi connectivity index (χ0n) is 28.5. The Bertz CT molecular complexity index is 2070. The molecule has 3 aromatic carbocycles. The van der Waals surface area contributed by atoms with Gasteiger partial charge >= 0.3 is 12.1 Å². The maximum atomic E-state index is 15.6. The number of alkyl carbamates (subject to hydrolysis) is 1. The highest BCUT2D eigenvalue weighted by Crippen LogP contribution is 2.38. The second-order valence-electron chi connectivity index (χ2n) is 13.6. The first-order valence-corrected chi connectivity index (χ1v) is 16.3. The number of hydrogen-bond donors (Lipinski definition) is 3. The molecule has 1 aliphatic rings. The van der Waals surface area contributed by atoms with Crippen molar-refractivity contribution in [2.24, 2.45) is 13.0 Å². The number of carbonyl (C=O) groups excluding carboxylic acids is 1. The Morgan fingerprint density at radius 2 is 1.90 bits per heavy atom. The molecular weight excluding hydrogens is 648 g/mol. The Morgan fingerprint density at radius 1 is 1.10 bits per heavy atom. The van der Waals surface area contributed by atoms with Crippen LogP contribution >= 0.6 is 0 Å². The first kappa shape index (κ1) is 34.6. The summed E-state index contributed by atoms with van der Waals surface area (Å²) in [6, 6.07) is 14.5. The number of carboxylic acids is 1. The zero-order valence-corrected chi connectivity index (χ0v) is 28.5. The fraction of sp³-hybridized carbons (Fsp3) is 0.351. The van der Waals surface area contributed by atoms with Gasteiger partial charge in [-0.05, 0) is 69.0 Å². The van der Waals surface area contributed by atoms with Gasteiger partial charge in [-0.1, -0.05) is 31.2 Å². The molecule has 1 amide bonds. The van der Waals surface area contributed by atoms with E-state index in [0.717, 1.165) is 11.1 Å². The number of amides is 1. The van der Waals surface area contributed by atoms with Crippen molar-refractivity contribution >= 4 is 23.0 Å². The van der Waals surface area contributed by atoms with Crippen LogP contribution in [0.4, 0.5) is 13.6 Å². The number of ether oxygens (including phenoxy) is 3. The van der Waals surface area contributed by atoms with Crippen molar-refractivity contribution in [2.75, 3.05) is 13.2 Å². The summed E-state index contributed by atoms with van der Waals surface area (Å²) in [5.74, 6) is -2.31. The highest BCUT2D eigenvalue weighted by molar-refractivity contribution is 5.86. The fourth-order valence-electron chi connectivity index (χ4n) is 6.06. The molecule has 0 spiro atoms. The van der Waals surface area contributed by atoms with Crippen LogP contribution in [0.15, 0.2) is 60.8 Å². The minimum Gasteiger partial charge on any atom is -0.481 e. The van der Waals surface area contributed by atoms with Gasteiger partial charge in [-0.3, -0.25) is 4.79 Å². The number of benzene rings is 3. The van der Waals surface area contributed by atoms with Gasteiger partial charge in [-0.2, -0.15) is 5.10 Å². The van der Waals surface area contributed by atoms with Crippen molar-refractivity contribution in [1.82, 2.24) is 25.1 Å². The van der Waals surface area contributed by atoms with Crippen LogP contribution in [0.25, 0.3) is 22.3 Å². The van der Waals surface area contributed by atoms with E-state index in [1.807, 2.05) is 45.0 Å². The van der Waals surface area contributed by atoms with E-state index in [9.17, 15) is 14.7 Å². The van der Waals surface area contributed by atoms with Crippen LogP contribution in [-0.4, -0.2) is 55.7 Å². The number of carbonyl (C=O) groups is 2. The summed E-state index contributed by atoms with van der Waals surface area (Å²) in [7, 11) is 1.65. The van der Waals surface area contributed by atoms with Crippen LogP contribution in [0.5, 0.6) is 11.5 Å². The minimum absolute atomic E-state index is 0.0658. The largest absolute Gasteiger partial charge is 0.481 e. The molecule has 3 N–H and O–H groups in total. The van der Waals surface area contributed by atoms with E-state index in [1.54, 1.807) is 26.2 Å². The third-order valence-corrected chi connectivity index (χ3v) is 9.10. The topological polar surface area (TPSA) is 141 Å². The third kappa shape index (κ3) is 7.04. The SMILES string of the molecule is CC(Cc1cccc(C2(C)COCCC(C)(C)NC(=O)OCc3c(c(F)cc4[nH]ccc34)Oc3ccc(F)c(c3)-c3nc2nn3C)c1)C(=O)O. The number of nitrogens with zero attached hydrogens (tertiary/aromatic N) is 3. The Balaban J connectivity index is 1.46. The van der Waals surface area contributed by atoms with Gasteiger partial charge in [-0.25, -0.2) is 23.2 Å². The molecule has 2 unspecified atom stereocenters. The van der Waals surface area contributed by atoms with Gasteiger partial charge in [0.15, 0.2) is 23.2 Å². The van der Waals surface area contributed by atoms with E-state index < -0.39 is 40.6 Å². The van der Waals surface area contributed by atoms with Crippen LogP contribution in [-0.2, 0) is 39.8 Å². The van der Waals surface area contributed by atoms with Crippen LogP contribution in [0.1, 0.15) is 56.6 Å². The summed E-state index contributed by atoms with van der Waals surface area (Å²) in [6.07, 6.45) is 1.65. The molecule has 0 saturated carbocycles. The second-order valence-corrected chi connectivity index (χ2v) is 13.6. The standard InChI is InChI=1S/C37H39F2N5O6/c1-21(33(45)46)15-22-7-6-8-23(16-22)37(4)20-48-14-12-36(2,3)42-35(47)49-19-27-25-11-13-40-30(25)18-29(39)31(27)50-24-9-10-28(38)26(17-24)32-41-34(37)43-44(32)5/h6-11,13,16-18,21,40H,12,14-15,19-20H2,1-5H3,(H,42,47)(H,45,46). The van der Waals surface area contributed by atoms with Crippen LogP contribution in [0, 0.1) is 17.6 Å². The zero-order chi connectivity index (χ0) is 35.8. The Morgan fingerprint density at radius 3 is 2.68 bits per heavy atom. The highest BCUT2D eigenvalue weighted by atomic mass is 19.1. The number of nitrogens with one attached hydrogen (secondary N) is 2. The maximum absolute atomic E-state index is 15.6. The number of halogens is 2. The van der Waals surface area contributed by atoms with Crippen molar-refractivity contribution in [3.05, 3.63) is 94.9 Å². The van der Waals surface area contributed by atoms with Gasteiger partial charge in [0.05, 0.1) is 23.5 Å². The van der Waals surface area contributed by atoms with Gasteiger partial charge in [0.2, 0.25) is 0 Å². The van der Waals surface area contributed by atoms with Gasteiger partial charge in [0.25, 0.3) is 0 Å². The lowest BCUT2D eigenvalue weighted by Gasteiger charge is -2.30. The van der Waals surface area contributed by atoms with Gasteiger partial charge < -0.3 is 29.6 Å². The van der Waals surface area contributed by atoms with Crippen molar-refractivity contribution in [3.8, 4) is 22.9 Å². The number of aromatic nitrogens is 4. The smallest absolute Gasteiger partial charge is 0.407 e. The molecule has 2 atom stereocenters. The normalized spacial score (nSPS) is 18.8. The number of hydrogen-bond acceptors (Lipinski definition) is 7. The molecule has 4 bridgehead atoms. The average Bonchev–Trinajstić information content (AvgIpc) is 3.69. The molecular formula is C37H39F2N5O6. The van der Waals surface area contributed by atoms with Crippen LogP contribution in [0.2, 0.25) is 0 Å². The molecule has 13 heteroatoms. The first-order chi connectivity index (χ1) is 23.7. The summed E-state index contributed by atoms with van der Waals surface area (Å²) in [5.41, 5.74) is 0.718. The van der Waals surface area contributed by atoms with E-state index in [-0.39, 0.29) is 48.3 Å².